The monoisotopic (exact) mass is 800 g/mol. The van der Waals surface area contributed by atoms with Crippen molar-refractivity contribution in [3.05, 3.63) is 196 Å². The van der Waals surface area contributed by atoms with Crippen molar-refractivity contribution in [3.8, 4) is 22.3 Å². The molecule has 0 fully saturated rings. The van der Waals surface area contributed by atoms with Gasteiger partial charge in [0.15, 0.2) is 0 Å². The summed E-state index contributed by atoms with van der Waals surface area (Å²) in [4.78, 5) is 0. The van der Waals surface area contributed by atoms with Crippen LogP contribution in [0, 0.1) is 28.7 Å². The summed E-state index contributed by atoms with van der Waals surface area (Å²) in [7, 11) is -2.73. The van der Waals surface area contributed by atoms with Gasteiger partial charge in [-0.05, 0) is 35.3 Å². The van der Waals surface area contributed by atoms with E-state index in [9.17, 15) is 0 Å². The Hall–Kier alpha value is -4.37. The molecule has 0 spiro atoms. The van der Waals surface area contributed by atoms with E-state index in [0.29, 0.717) is 0 Å². The fourth-order valence-corrected chi connectivity index (χ4v) is 12.1. The predicted molar refractivity (Wildman–Crippen MR) is 209 cm³/mol. The summed E-state index contributed by atoms with van der Waals surface area (Å²) in [5.74, 6) is 0. The van der Waals surface area contributed by atoms with Crippen LogP contribution < -0.4 is 20.7 Å². The Balaban J connectivity index is 0.00000150. The molecular formula is C46H40HfSi. The third-order valence-corrected chi connectivity index (χ3v) is 14.2. The van der Waals surface area contributed by atoms with Crippen LogP contribution in [-0.2, 0) is 25.8 Å². The second kappa shape index (κ2) is 14.4. The number of hydrogen-bond acceptors (Lipinski definition) is 0. The Morgan fingerprint density at radius 2 is 0.792 bits per heavy atom. The van der Waals surface area contributed by atoms with Gasteiger partial charge in [0, 0.05) is 0 Å². The maximum atomic E-state index is 2.51. The molecule has 0 bridgehead atoms. The Morgan fingerprint density at radius 1 is 0.417 bits per heavy atom. The van der Waals surface area contributed by atoms with Crippen molar-refractivity contribution in [3.63, 3.8) is 0 Å². The van der Waals surface area contributed by atoms with Crippen LogP contribution in [0.3, 0.4) is 0 Å². The van der Waals surface area contributed by atoms with Gasteiger partial charge in [-0.25, -0.2) is 0 Å². The van der Waals surface area contributed by atoms with Crippen molar-refractivity contribution in [1.29, 1.82) is 0 Å². The number of hydrogen-bond donors (Lipinski definition) is 0. The first-order chi connectivity index (χ1) is 22.1. The molecule has 0 radical (unpaired) electrons. The molecule has 0 aliphatic carbocycles. The Bertz CT molecular complexity index is 2090. The van der Waals surface area contributed by atoms with Gasteiger partial charge in [-0.3, -0.25) is 0 Å². The molecule has 0 aliphatic heterocycles. The SMILES string of the molecule is Cc1ccc(-c2cccc3[cH-]c([Si](c4ccccc4)(c4ccccc4)c4cc5c(-c6ccc(C)cc6)cccc5[cH-]4)cc23)cc1.[CH3-].[CH3-].[Hf+4]. The van der Waals surface area contributed by atoms with Crippen LogP contribution in [0.25, 0.3) is 43.8 Å². The van der Waals surface area contributed by atoms with Crippen molar-refractivity contribution in [2.24, 2.45) is 0 Å². The molecular weight excluding hydrogens is 759 g/mol. The largest absolute Gasteiger partial charge is 4.00 e. The first-order valence-electron chi connectivity index (χ1n) is 15.8. The maximum Gasteiger partial charge on any atom is 4.00 e. The molecule has 8 aromatic rings. The van der Waals surface area contributed by atoms with Crippen molar-refractivity contribution < 1.29 is 25.8 Å². The van der Waals surface area contributed by atoms with Gasteiger partial charge in [0.1, 0.15) is 8.07 Å². The smallest absolute Gasteiger partial charge is 0.358 e. The summed E-state index contributed by atoms with van der Waals surface area (Å²) in [5, 5.41) is 10.9. The summed E-state index contributed by atoms with van der Waals surface area (Å²) in [6.45, 7) is 4.30. The van der Waals surface area contributed by atoms with Gasteiger partial charge in [-0.15, -0.1) is 68.3 Å². The fourth-order valence-electron chi connectivity index (χ4n) is 7.25. The van der Waals surface area contributed by atoms with E-state index >= 15 is 0 Å². The maximum absolute atomic E-state index is 2.73. The van der Waals surface area contributed by atoms with E-state index in [2.05, 4.69) is 184 Å². The minimum absolute atomic E-state index is 0. The molecule has 2 heteroatoms. The normalized spacial score (nSPS) is 11.0. The standard InChI is InChI=1S/C44H34Si.2CH3.Hf/c1-31-19-23-33(24-20-31)41-17-9-11-35-27-39(29-43(35)41)45(37-13-5-3-6-14-37,38-15-7-4-8-16-38)40-28-36-12-10-18-42(44(36)30-40)34-25-21-32(2)22-26-34;;;/h3-30H,1-2H3;2*1H3;/q-2;2*-1;+4. The Labute approximate surface area is 306 Å². The third-order valence-electron chi connectivity index (χ3n) is 9.51. The molecule has 0 saturated carbocycles. The van der Waals surface area contributed by atoms with Crippen LogP contribution in [0.1, 0.15) is 11.1 Å². The molecule has 0 saturated heterocycles. The molecule has 48 heavy (non-hydrogen) atoms. The van der Waals surface area contributed by atoms with E-state index in [1.807, 2.05) is 0 Å². The van der Waals surface area contributed by atoms with E-state index in [4.69, 9.17) is 0 Å². The van der Waals surface area contributed by atoms with Crippen LogP contribution in [0.15, 0.2) is 170 Å². The third kappa shape index (κ3) is 5.93. The average molecular weight is 799 g/mol. The minimum atomic E-state index is -2.73. The minimum Gasteiger partial charge on any atom is -0.358 e. The Morgan fingerprint density at radius 3 is 1.17 bits per heavy atom. The van der Waals surface area contributed by atoms with E-state index in [1.165, 1.54) is 75.7 Å². The van der Waals surface area contributed by atoms with Gasteiger partial charge in [0.05, 0.1) is 0 Å². The van der Waals surface area contributed by atoms with Crippen molar-refractivity contribution in [1.82, 2.24) is 0 Å². The van der Waals surface area contributed by atoms with Gasteiger partial charge in [-0.2, -0.15) is 12.1 Å². The Kier molecular flexibility index (Phi) is 10.5. The molecule has 0 heterocycles. The van der Waals surface area contributed by atoms with Crippen LogP contribution >= 0.6 is 0 Å². The number of benzene rings is 6. The number of fused-ring (bicyclic) bond motifs is 2. The zero-order valence-electron chi connectivity index (χ0n) is 28.2. The molecule has 0 nitrogen and oxygen atoms in total. The second-order valence-corrected chi connectivity index (χ2v) is 16.1. The van der Waals surface area contributed by atoms with Crippen LogP contribution in [0.2, 0.25) is 0 Å². The molecule has 0 N–H and O–H groups in total. The predicted octanol–water partition coefficient (Wildman–Crippen LogP) is 9.66. The summed E-state index contributed by atoms with van der Waals surface area (Å²) < 4.78 is 0. The molecule has 232 valence electrons. The summed E-state index contributed by atoms with van der Waals surface area (Å²) in [5.41, 5.74) is 7.66. The number of aryl methyl sites for hydroxylation is 2. The summed E-state index contributed by atoms with van der Waals surface area (Å²) >= 11 is 0. The zero-order valence-corrected chi connectivity index (χ0v) is 32.8. The van der Waals surface area contributed by atoms with Crippen molar-refractivity contribution in [2.45, 2.75) is 13.8 Å². The molecule has 0 amide bonds. The quantitative estimate of drug-likeness (QED) is 0.116. The van der Waals surface area contributed by atoms with Gasteiger partial charge in [0.25, 0.3) is 0 Å². The van der Waals surface area contributed by atoms with Gasteiger partial charge < -0.3 is 14.9 Å². The van der Waals surface area contributed by atoms with Crippen LogP contribution in [0.5, 0.6) is 0 Å². The van der Waals surface area contributed by atoms with Gasteiger partial charge in [0.2, 0.25) is 0 Å². The van der Waals surface area contributed by atoms with Gasteiger partial charge in [-0.1, -0.05) is 144 Å². The topological polar surface area (TPSA) is 0 Å². The molecule has 8 rings (SSSR count). The van der Waals surface area contributed by atoms with Gasteiger partial charge >= 0.3 is 25.8 Å². The molecule has 0 atom stereocenters. The van der Waals surface area contributed by atoms with Crippen molar-refractivity contribution in [2.75, 3.05) is 0 Å². The van der Waals surface area contributed by atoms with E-state index < -0.39 is 8.07 Å². The number of rotatable bonds is 6. The van der Waals surface area contributed by atoms with Crippen LogP contribution in [0.4, 0.5) is 0 Å². The molecule has 0 unspecified atom stereocenters. The van der Waals surface area contributed by atoms with E-state index in [1.54, 1.807) is 0 Å². The zero-order chi connectivity index (χ0) is 30.4. The van der Waals surface area contributed by atoms with Crippen LogP contribution in [-0.4, -0.2) is 8.07 Å². The van der Waals surface area contributed by atoms with Crippen molar-refractivity contribution >= 4 is 50.4 Å². The molecule has 8 aromatic carbocycles. The van der Waals surface area contributed by atoms with E-state index in [0.717, 1.165) is 0 Å². The summed E-state index contributed by atoms with van der Waals surface area (Å²) in [6.07, 6.45) is 0. The fraction of sp³-hybridized carbons (Fsp3) is 0.0435. The van der Waals surface area contributed by atoms with E-state index in [-0.39, 0.29) is 40.7 Å². The first kappa shape index (κ1) is 34.9. The second-order valence-electron chi connectivity index (χ2n) is 12.3. The molecule has 0 aromatic heterocycles. The molecule has 0 aliphatic rings. The first-order valence-corrected chi connectivity index (χ1v) is 17.8. The average Bonchev–Trinajstić information content (AvgIpc) is 3.72. The summed E-state index contributed by atoms with van der Waals surface area (Å²) in [6, 6.07) is 63.9.